The van der Waals surface area contributed by atoms with E-state index < -0.39 is 5.97 Å². The maximum atomic E-state index is 10.9. The summed E-state index contributed by atoms with van der Waals surface area (Å²) in [6.07, 6.45) is 5.21. The van der Waals surface area contributed by atoms with Crippen molar-refractivity contribution < 1.29 is 14.3 Å². The third kappa shape index (κ3) is 3.09. The summed E-state index contributed by atoms with van der Waals surface area (Å²) in [4.78, 5) is 13.1. The van der Waals surface area contributed by atoms with Gasteiger partial charge in [-0.25, -0.2) is 0 Å². The summed E-state index contributed by atoms with van der Waals surface area (Å²) in [7, 11) is 2.08. The van der Waals surface area contributed by atoms with Crippen LogP contribution in [0.4, 0.5) is 0 Å². The van der Waals surface area contributed by atoms with Crippen LogP contribution in [0.3, 0.4) is 0 Å². The number of carbonyl (C=O) groups is 1. The zero-order valence-corrected chi connectivity index (χ0v) is 10.1. The van der Waals surface area contributed by atoms with Crippen molar-refractivity contribution in [3.05, 3.63) is 24.2 Å². The first kappa shape index (κ1) is 12.2. The van der Waals surface area contributed by atoms with E-state index in [1.165, 1.54) is 0 Å². The lowest BCUT2D eigenvalue weighted by Crippen LogP contribution is -2.36. The molecule has 4 heteroatoms. The summed E-state index contributed by atoms with van der Waals surface area (Å²) < 4.78 is 5.32. The Morgan fingerprint density at radius 1 is 1.47 bits per heavy atom. The summed E-state index contributed by atoms with van der Waals surface area (Å²) in [6, 6.07) is 4.35. The Morgan fingerprint density at radius 2 is 2.18 bits per heavy atom. The number of hydrogen-bond donors (Lipinski definition) is 1. The first-order chi connectivity index (χ1) is 8.16. The van der Waals surface area contributed by atoms with Crippen molar-refractivity contribution >= 4 is 5.97 Å². The standard InChI is InChI=1S/C13H19NO3/c1-14(9-12-3-2-8-17-12)11-6-4-10(5-7-11)13(15)16/h2-3,8,10-11H,4-7,9H2,1H3,(H,15,16). The lowest BCUT2D eigenvalue weighted by Gasteiger charge is -2.32. The molecule has 1 aromatic rings. The fourth-order valence-electron chi connectivity index (χ4n) is 2.54. The van der Waals surface area contributed by atoms with E-state index in [-0.39, 0.29) is 5.92 Å². The van der Waals surface area contributed by atoms with Gasteiger partial charge in [-0.2, -0.15) is 0 Å². The average Bonchev–Trinajstić information content (AvgIpc) is 2.82. The molecule has 0 radical (unpaired) electrons. The molecule has 0 unspecified atom stereocenters. The monoisotopic (exact) mass is 237 g/mol. The van der Waals surface area contributed by atoms with Crippen LogP contribution in [0.15, 0.2) is 22.8 Å². The number of furan rings is 1. The van der Waals surface area contributed by atoms with Gasteiger partial charge >= 0.3 is 5.97 Å². The van der Waals surface area contributed by atoms with E-state index in [0.29, 0.717) is 6.04 Å². The van der Waals surface area contributed by atoms with Crippen LogP contribution in [0.5, 0.6) is 0 Å². The van der Waals surface area contributed by atoms with Crippen molar-refractivity contribution in [2.75, 3.05) is 7.05 Å². The average molecular weight is 237 g/mol. The third-order valence-corrected chi connectivity index (χ3v) is 3.65. The molecule has 2 rings (SSSR count). The van der Waals surface area contributed by atoms with E-state index in [2.05, 4.69) is 11.9 Å². The Hall–Kier alpha value is -1.29. The van der Waals surface area contributed by atoms with Gasteiger partial charge < -0.3 is 9.52 Å². The lowest BCUT2D eigenvalue weighted by atomic mass is 9.85. The molecule has 0 spiro atoms. The topological polar surface area (TPSA) is 53.7 Å². The molecule has 1 aliphatic carbocycles. The van der Waals surface area contributed by atoms with E-state index in [1.807, 2.05) is 12.1 Å². The second-order valence-corrected chi connectivity index (χ2v) is 4.84. The second kappa shape index (κ2) is 5.36. The number of carboxylic acids is 1. The molecule has 1 heterocycles. The van der Waals surface area contributed by atoms with Crippen LogP contribution in [0.1, 0.15) is 31.4 Å². The van der Waals surface area contributed by atoms with Crippen molar-refractivity contribution in [3.8, 4) is 0 Å². The zero-order valence-electron chi connectivity index (χ0n) is 10.1. The molecule has 1 saturated carbocycles. The van der Waals surface area contributed by atoms with Crippen molar-refractivity contribution in [1.82, 2.24) is 4.90 Å². The first-order valence-electron chi connectivity index (χ1n) is 6.12. The summed E-state index contributed by atoms with van der Waals surface area (Å²) in [5, 5.41) is 8.94. The maximum absolute atomic E-state index is 10.9. The zero-order chi connectivity index (χ0) is 12.3. The summed E-state index contributed by atoms with van der Waals surface area (Å²) in [5.41, 5.74) is 0. The highest BCUT2D eigenvalue weighted by Crippen LogP contribution is 2.27. The largest absolute Gasteiger partial charge is 0.481 e. The van der Waals surface area contributed by atoms with Crippen LogP contribution in [-0.2, 0) is 11.3 Å². The van der Waals surface area contributed by atoms with Crippen LogP contribution < -0.4 is 0 Å². The van der Waals surface area contributed by atoms with Crippen LogP contribution in [-0.4, -0.2) is 29.1 Å². The van der Waals surface area contributed by atoms with Gasteiger partial charge in [0.25, 0.3) is 0 Å². The van der Waals surface area contributed by atoms with Gasteiger partial charge in [0.05, 0.1) is 18.7 Å². The molecule has 0 atom stereocenters. The van der Waals surface area contributed by atoms with E-state index >= 15 is 0 Å². The van der Waals surface area contributed by atoms with Gasteiger partial charge in [-0.05, 0) is 44.9 Å². The normalized spacial score (nSPS) is 25.1. The fourth-order valence-corrected chi connectivity index (χ4v) is 2.54. The molecule has 1 N–H and O–H groups in total. The van der Waals surface area contributed by atoms with E-state index in [0.717, 1.165) is 38.0 Å². The second-order valence-electron chi connectivity index (χ2n) is 4.84. The quantitative estimate of drug-likeness (QED) is 0.873. The Kier molecular flexibility index (Phi) is 3.84. The number of nitrogens with zero attached hydrogens (tertiary/aromatic N) is 1. The lowest BCUT2D eigenvalue weighted by molar-refractivity contribution is -0.143. The molecule has 1 aliphatic rings. The number of carboxylic acid groups (broad SMARTS) is 1. The Labute approximate surface area is 101 Å². The molecule has 1 fully saturated rings. The Balaban J connectivity index is 1.82. The highest BCUT2D eigenvalue weighted by atomic mass is 16.4. The summed E-state index contributed by atoms with van der Waals surface area (Å²) in [6.45, 7) is 0.801. The van der Waals surface area contributed by atoms with Gasteiger partial charge in [0, 0.05) is 6.04 Å². The van der Waals surface area contributed by atoms with Crippen molar-refractivity contribution in [2.24, 2.45) is 5.92 Å². The van der Waals surface area contributed by atoms with E-state index in [9.17, 15) is 4.79 Å². The van der Waals surface area contributed by atoms with Crippen molar-refractivity contribution in [3.63, 3.8) is 0 Å². The molecule has 0 aliphatic heterocycles. The van der Waals surface area contributed by atoms with Gasteiger partial charge in [-0.3, -0.25) is 9.69 Å². The SMILES string of the molecule is CN(Cc1ccco1)C1CCC(C(=O)O)CC1. The highest BCUT2D eigenvalue weighted by molar-refractivity contribution is 5.70. The van der Waals surface area contributed by atoms with E-state index in [4.69, 9.17) is 9.52 Å². The number of rotatable bonds is 4. The smallest absolute Gasteiger partial charge is 0.306 e. The fraction of sp³-hybridized carbons (Fsp3) is 0.615. The molecular weight excluding hydrogens is 218 g/mol. The van der Waals surface area contributed by atoms with Crippen LogP contribution in [0, 0.1) is 5.92 Å². The summed E-state index contributed by atoms with van der Waals surface area (Å²) in [5.74, 6) is 0.188. The highest BCUT2D eigenvalue weighted by Gasteiger charge is 2.27. The predicted octanol–water partition coefficient (Wildman–Crippen LogP) is 2.35. The minimum Gasteiger partial charge on any atom is -0.481 e. The van der Waals surface area contributed by atoms with Gasteiger partial charge in [-0.15, -0.1) is 0 Å². The molecular formula is C13H19NO3. The molecule has 0 bridgehead atoms. The summed E-state index contributed by atoms with van der Waals surface area (Å²) >= 11 is 0. The van der Waals surface area contributed by atoms with Gasteiger partial charge in [-0.1, -0.05) is 0 Å². The maximum Gasteiger partial charge on any atom is 0.306 e. The number of hydrogen-bond acceptors (Lipinski definition) is 3. The molecule has 1 aromatic heterocycles. The van der Waals surface area contributed by atoms with Crippen LogP contribution in [0.25, 0.3) is 0 Å². The predicted molar refractivity (Wildman–Crippen MR) is 63.6 cm³/mol. The molecule has 94 valence electrons. The minimum absolute atomic E-state index is 0.136. The minimum atomic E-state index is -0.642. The van der Waals surface area contributed by atoms with Crippen LogP contribution in [0.2, 0.25) is 0 Å². The first-order valence-corrected chi connectivity index (χ1v) is 6.12. The molecule has 0 aromatic carbocycles. The Morgan fingerprint density at radius 3 is 2.71 bits per heavy atom. The molecule has 0 amide bonds. The molecule has 4 nitrogen and oxygen atoms in total. The van der Waals surface area contributed by atoms with Crippen molar-refractivity contribution in [1.29, 1.82) is 0 Å². The van der Waals surface area contributed by atoms with E-state index in [1.54, 1.807) is 6.26 Å². The third-order valence-electron chi connectivity index (χ3n) is 3.65. The molecule has 17 heavy (non-hydrogen) atoms. The van der Waals surface area contributed by atoms with Gasteiger partial charge in [0.15, 0.2) is 0 Å². The Bertz CT molecular complexity index is 353. The molecule has 0 saturated heterocycles. The van der Waals surface area contributed by atoms with Gasteiger partial charge in [0.2, 0.25) is 0 Å². The van der Waals surface area contributed by atoms with Gasteiger partial charge in [0.1, 0.15) is 5.76 Å². The van der Waals surface area contributed by atoms with Crippen molar-refractivity contribution in [2.45, 2.75) is 38.3 Å². The number of aliphatic carboxylic acids is 1. The van der Waals surface area contributed by atoms with Crippen LogP contribution >= 0.6 is 0 Å².